The van der Waals surface area contributed by atoms with E-state index in [1.165, 1.54) is 0 Å². The minimum absolute atomic E-state index is 0.143. The van der Waals surface area contributed by atoms with Crippen molar-refractivity contribution in [3.05, 3.63) is 12.2 Å². The van der Waals surface area contributed by atoms with Crippen LogP contribution in [0, 0.1) is 0 Å². The van der Waals surface area contributed by atoms with E-state index in [0.29, 0.717) is 12.2 Å². The van der Waals surface area contributed by atoms with Gasteiger partial charge in [-0.25, -0.2) is 4.79 Å². The Morgan fingerprint density at radius 2 is 1.93 bits per heavy atom. The zero-order chi connectivity index (χ0) is 11.2. The average Bonchev–Trinajstić information content (AvgIpc) is 2.12. The third kappa shape index (κ3) is 5.75. The lowest BCUT2D eigenvalue weighted by Gasteiger charge is -2.23. The van der Waals surface area contributed by atoms with Gasteiger partial charge in [0, 0.05) is 5.57 Å². The van der Waals surface area contributed by atoms with E-state index in [1.54, 1.807) is 6.92 Å². The van der Waals surface area contributed by atoms with Crippen molar-refractivity contribution < 1.29 is 14.3 Å². The van der Waals surface area contributed by atoms with E-state index < -0.39 is 0 Å². The Hall–Kier alpha value is -0.830. The van der Waals surface area contributed by atoms with Crippen molar-refractivity contribution in [2.75, 3.05) is 13.2 Å². The van der Waals surface area contributed by atoms with Gasteiger partial charge < -0.3 is 9.47 Å². The van der Waals surface area contributed by atoms with E-state index in [4.69, 9.17) is 9.47 Å². The second-order valence-corrected chi connectivity index (χ2v) is 3.88. The van der Waals surface area contributed by atoms with E-state index in [1.807, 2.05) is 13.8 Å². The molecular formula is C11H20O3. The molecule has 0 radical (unpaired) electrons. The van der Waals surface area contributed by atoms with Crippen molar-refractivity contribution in [1.29, 1.82) is 0 Å². The molecule has 82 valence electrons. The Morgan fingerprint density at radius 1 is 1.36 bits per heavy atom. The number of carbonyl (C=O) groups excluding carboxylic acids is 1. The van der Waals surface area contributed by atoms with Crippen LogP contribution in [0.2, 0.25) is 0 Å². The van der Waals surface area contributed by atoms with Crippen LogP contribution in [0.25, 0.3) is 0 Å². The quantitative estimate of drug-likeness (QED) is 0.375. The summed E-state index contributed by atoms with van der Waals surface area (Å²) in [5.74, 6) is -0.358. The molecule has 0 aromatic carbocycles. The molecule has 0 amide bonds. The van der Waals surface area contributed by atoms with Crippen molar-refractivity contribution in [1.82, 2.24) is 0 Å². The van der Waals surface area contributed by atoms with Crippen LogP contribution >= 0.6 is 0 Å². The fourth-order valence-electron chi connectivity index (χ4n) is 0.678. The van der Waals surface area contributed by atoms with Crippen molar-refractivity contribution >= 4 is 5.97 Å². The summed E-state index contributed by atoms with van der Waals surface area (Å²) in [5.41, 5.74) is 0.273. The molecule has 0 spiro atoms. The van der Waals surface area contributed by atoms with Crippen molar-refractivity contribution in [3.63, 3.8) is 0 Å². The SMILES string of the molecule is C=C(C)C(=O)OCCOC(C)(C)CC. The number of esters is 1. The lowest BCUT2D eigenvalue weighted by molar-refractivity contribution is -0.142. The molecule has 0 heterocycles. The molecule has 14 heavy (non-hydrogen) atoms. The van der Waals surface area contributed by atoms with Gasteiger partial charge >= 0.3 is 5.97 Å². The molecule has 0 aliphatic rings. The maximum Gasteiger partial charge on any atom is 0.333 e. The van der Waals surface area contributed by atoms with Crippen LogP contribution in [0.1, 0.15) is 34.1 Å². The van der Waals surface area contributed by atoms with E-state index in [0.717, 1.165) is 6.42 Å². The van der Waals surface area contributed by atoms with Crippen LogP contribution in [0.5, 0.6) is 0 Å². The summed E-state index contributed by atoms with van der Waals surface area (Å²) in [5, 5.41) is 0. The molecule has 0 aliphatic heterocycles. The molecular weight excluding hydrogens is 180 g/mol. The minimum atomic E-state index is -0.358. The molecule has 0 aromatic heterocycles. The van der Waals surface area contributed by atoms with Gasteiger partial charge in [0.15, 0.2) is 0 Å². The second-order valence-electron chi connectivity index (χ2n) is 3.88. The highest BCUT2D eigenvalue weighted by Crippen LogP contribution is 2.12. The highest BCUT2D eigenvalue weighted by Gasteiger charge is 2.14. The van der Waals surface area contributed by atoms with Crippen LogP contribution < -0.4 is 0 Å². The van der Waals surface area contributed by atoms with Crippen LogP contribution in [0.15, 0.2) is 12.2 Å². The monoisotopic (exact) mass is 200 g/mol. The van der Waals surface area contributed by atoms with Crippen molar-refractivity contribution in [3.8, 4) is 0 Å². The van der Waals surface area contributed by atoms with Gasteiger partial charge in [0.05, 0.1) is 12.2 Å². The first kappa shape index (κ1) is 13.2. The minimum Gasteiger partial charge on any atom is -0.460 e. The van der Waals surface area contributed by atoms with Gasteiger partial charge in [0.1, 0.15) is 6.61 Å². The summed E-state index contributed by atoms with van der Waals surface area (Å²) >= 11 is 0. The predicted molar refractivity (Wildman–Crippen MR) is 56.1 cm³/mol. The number of carbonyl (C=O) groups is 1. The molecule has 0 aromatic rings. The lowest BCUT2D eigenvalue weighted by Crippen LogP contribution is -2.25. The molecule has 0 aliphatic carbocycles. The van der Waals surface area contributed by atoms with E-state index in [-0.39, 0.29) is 18.2 Å². The van der Waals surface area contributed by atoms with Crippen molar-refractivity contribution in [2.24, 2.45) is 0 Å². The number of rotatable bonds is 6. The molecule has 0 N–H and O–H groups in total. The van der Waals surface area contributed by atoms with Gasteiger partial charge in [-0.1, -0.05) is 13.5 Å². The van der Waals surface area contributed by atoms with E-state index in [2.05, 4.69) is 13.5 Å². The maximum absolute atomic E-state index is 11.0. The first-order chi connectivity index (χ1) is 6.39. The van der Waals surface area contributed by atoms with E-state index in [9.17, 15) is 4.79 Å². The van der Waals surface area contributed by atoms with Crippen LogP contribution in [-0.4, -0.2) is 24.8 Å². The topological polar surface area (TPSA) is 35.5 Å². The second kappa shape index (κ2) is 5.81. The van der Waals surface area contributed by atoms with E-state index >= 15 is 0 Å². The molecule has 0 saturated carbocycles. The number of ether oxygens (including phenoxy) is 2. The number of hydrogen-bond acceptors (Lipinski definition) is 3. The molecule has 3 nitrogen and oxygen atoms in total. The summed E-state index contributed by atoms with van der Waals surface area (Å²) < 4.78 is 10.4. The molecule has 0 fully saturated rings. The third-order valence-corrected chi connectivity index (χ3v) is 2.01. The largest absolute Gasteiger partial charge is 0.460 e. The summed E-state index contributed by atoms with van der Waals surface area (Å²) in [6.07, 6.45) is 0.932. The van der Waals surface area contributed by atoms with Crippen LogP contribution in [-0.2, 0) is 14.3 Å². The standard InChI is InChI=1S/C11H20O3/c1-6-11(4,5)14-8-7-13-10(12)9(2)3/h2,6-8H2,1,3-5H3. The average molecular weight is 200 g/mol. The highest BCUT2D eigenvalue weighted by atomic mass is 16.6. The van der Waals surface area contributed by atoms with Crippen LogP contribution in [0.4, 0.5) is 0 Å². The maximum atomic E-state index is 11.0. The normalized spacial score (nSPS) is 11.1. The Balaban J connectivity index is 3.57. The van der Waals surface area contributed by atoms with Gasteiger partial charge in [-0.3, -0.25) is 0 Å². The highest BCUT2D eigenvalue weighted by molar-refractivity contribution is 5.86. The van der Waals surface area contributed by atoms with Gasteiger partial charge in [-0.15, -0.1) is 0 Å². The Kier molecular flexibility index (Phi) is 5.46. The molecule has 3 heteroatoms. The third-order valence-electron chi connectivity index (χ3n) is 2.01. The fourth-order valence-corrected chi connectivity index (χ4v) is 0.678. The summed E-state index contributed by atoms with van der Waals surface area (Å²) in [7, 11) is 0. The van der Waals surface area contributed by atoms with Crippen molar-refractivity contribution in [2.45, 2.75) is 39.7 Å². The summed E-state index contributed by atoms with van der Waals surface area (Å²) in [4.78, 5) is 11.0. The first-order valence-electron chi connectivity index (χ1n) is 4.85. The summed E-state index contributed by atoms with van der Waals surface area (Å²) in [6.45, 7) is 11.9. The Morgan fingerprint density at radius 3 is 2.36 bits per heavy atom. The zero-order valence-electron chi connectivity index (χ0n) is 9.55. The number of hydrogen-bond donors (Lipinski definition) is 0. The molecule has 0 rings (SSSR count). The van der Waals surface area contributed by atoms with Crippen LogP contribution in [0.3, 0.4) is 0 Å². The molecule has 0 unspecified atom stereocenters. The van der Waals surface area contributed by atoms with Gasteiger partial charge in [-0.05, 0) is 27.2 Å². The smallest absolute Gasteiger partial charge is 0.333 e. The Bertz CT molecular complexity index is 207. The summed E-state index contributed by atoms with van der Waals surface area (Å²) in [6, 6.07) is 0. The van der Waals surface area contributed by atoms with Gasteiger partial charge in [0.25, 0.3) is 0 Å². The van der Waals surface area contributed by atoms with Gasteiger partial charge in [0.2, 0.25) is 0 Å². The zero-order valence-corrected chi connectivity index (χ0v) is 9.55. The predicted octanol–water partition coefficient (Wildman–Crippen LogP) is 2.31. The van der Waals surface area contributed by atoms with Gasteiger partial charge in [-0.2, -0.15) is 0 Å². The molecule has 0 atom stereocenters. The molecule has 0 bridgehead atoms. The fraction of sp³-hybridized carbons (Fsp3) is 0.727. The lowest BCUT2D eigenvalue weighted by atomic mass is 10.1. The first-order valence-corrected chi connectivity index (χ1v) is 4.85. The Labute approximate surface area is 86.1 Å². The molecule has 0 saturated heterocycles.